The highest BCUT2D eigenvalue weighted by atomic mass is 35.5. The summed E-state index contributed by atoms with van der Waals surface area (Å²) in [6.07, 6.45) is 1.48. The lowest BCUT2D eigenvalue weighted by molar-refractivity contribution is -0.162. The number of alkyl halides is 1. The number of rotatable bonds is 5. The van der Waals surface area contributed by atoms with E-state index in [0.29, 0.717) is 5.02 Å². The first-order valence-electron chi connectivity index (χ1n) is 7.54. The maximum absolute atomic E-state index is 14.2. The Morgan fingerprint density at radius 2 is 1.70 bits per heavy atom. The summed E-state index contributed by atoms with van der Waals surface area (Å²) >= 11 is 5.84. The van der Waals surface area contributed by atoms with Crippen LogP contribution in [0.4, 0.5) is 4.39 Å². The topological polar surface area (TPSA) is 38.7 Å². The van der Waals surface area contributed by atoms with Crippen molar-refractivity contribution in [3.8, 4) is 0 Å². The van der Waals surface area contributed by atoms with Crippen molar-refractivity contribution in [3.05, 3.63) is 34.9 Å². The highest BCUT2D eigenvalue weighted by Crippen LogP contribution is 2.29. The van der Waals surface area contributed by atoms with Crippen LogP contribution in [-0.4, -0.2) is 29.0 Å². The number of halogens is 2. The van der Waals surface area contributed by atoms with Crippen molar-refractivity contribution in [1.82, 2.24) is 0 Å². The van der Waals surface area contributed by atoms with Crippen LogP contribution in [0.2, 0.25) is 5.02 Å². The summed E-state index contributed by atoms with van der Waals surface area (Å²) in [7, 11) is 0. The molecule has 128 valence electrons. The first-order chi connectivity index (χ1) is 10.3. The number of esters is 1. The highest BCUT2D eigenvalue weighted by Gasteiger charge is 2.41. The van der Waals surface area contributed by atoms with Crippen LogP contribution in [0.3, 0.4) is 0 Å². The fourth-order valence-corrected chi connectivity index (χ4v) is 2.27. The van der Waals surface area contributed by atoms with Gasteiger partial charge in [0.1, 0.15) is 11.3 Å². The maximum atomic E-state index is 14.2. The largest absolute Gasteiger partial charge is 0.458 e. The normalized spacial score (nSPS) is 15.5. The molecule has 0 N–H and O–H groups in total. The van der Waals surface area contributed by atoms with E-state index < -0.39 is 22.8 Å². The first-order valence-corrected chi connectivity index (χ1v) is 7.92. The number of carbonyl (C=O) groups excluding carboxylic acids is 1. The Morgan fingerprint density at radius 1 is 1.17 bits per heavy atom. The minimum Gasteiger partial charge on any atom is -0.458 e. The van der Waals surface area contributed by atoms with Crippen LogP contribution in [0, 0.1) is 0 Å². The van der Waals surface area contributed by atoms with Crippen molar-refractivity contribution in [2.75, 3.05) is 0 Å². The van der Waals surface area contributed by atoms with Gasteiger partial charge in [0.05, 0.1) is 0 Å². The molecule has 1 aromatic rings. The van der Waals surface area contributed by atoms with Crippen molar-refractivity contribution in [1.29, 1.82) is 0 Å². The molecule has 0 aromatic heterocycles. The SMILES string of the molecule is CC(C)(F)CC(C)(N=Cc1ccc(Cl)cc1)C(=O)OC(C)(C)C. The molecule has 5 heteroatoms. The van der Waals surface area contributed by atoms with E-state index in [1.807, 2.05) is 0 Å². The van der Waals surface area contributed by atoms with Gasteiger partial charge in [-0.2, -0.15) is 0 Å². The van der Waals surface area contributed by atoms with Crippen molar-refractivity contribution < 1.29 is 13.9 Å². The third-order valence-corrected chi connectivity index (χ3v) is 3.22. The molecule has 0 heterocycles. The molecule has 0 spiro atoms. The molecule has 0 bridgehead atoms. The number of hydrogen-bond acceptors (Lipinski definition) is 3. The summed E-state index contributed by atoms with van der Waals surface area (Å²) in [6, 6.07) is 7.02. The van der Waals surface area contributed by atoms with Gasteiger partial charge in [-0.05, 0) is 59.2 Å². The Kier molecular flexibility index (Phi) is 5.97. The third-order valence-electron chi connectivity index (χ3n) is 2.97. The van der Waals surface area contributed by atoms with E-state index in [9.17, 15) is 9.18 Å². The molecule has 0 saturated carbocycles. The van der Waals surface area contributed by atoms with Gasteiger partial charge in [-0.15, -0.1) is 0 Å². The lowest BCUT2D eigenvalue weighted by atomic mass is 9.89. The molecule has 1 atom stereocenters. The van der Waals surface area contributed by atoms with E-state index in [-0.39, 0.29) is 6.42 Å². The molecule has 1 unspecified atom stereocenters. The van der Waals surface area contributed by atoms with Crippen LogP contribution in [0.1, 0.15) is 53.5 Å². The van der Waals surface area contributed by atoms with Crippen molar-refractivity contribution in [2.45, 2.75) is 64.8 Å². The molecule has 0 amide bonds. The van der Waals surface area contributed by atoms with Crippen LogP contribution >= 0.6 is 11.6 Å². The molecule has 0 aliphatic carbocycles. The standard InChI is InChI=1S/C18H25ClFNO2/c1-16(2,3)23-15(22)18(6,12-17(4,5)20)21-11-13-7-9-14(19)10-8-13/h7-11H,12H2,1-6H3. The number of nitrogens with zero attached hydrogens (tertiary/aromatic N) is 1. The number of benzene rings is 1. The van der Waals surface area contributed by atoms with Gasteiger partial charge in [-0.1, -0.05) is 23.7 Å². The van der Waals surface area contributed by atoms with E-state index in [1.54, 1.807) is 58.2 Å². The average molecular weight is 342 g/mol. The predicted molar refractivity (Wildman–Crippen MR) is 93.1 cm³/mol. The van der Waals surface area contributed by atoms with Gasteiger partial charge in [-0.25, -0.2) is 9.18 Å². The van der Waals surface area contributed by atoms with E-state index >= 15 is 0 Å². The summed E-state index contributed by atoms with van der Waals surface area (Å²) < 4.78 is 19.6. The van der Waals surface area contributed by atoms with Gasteiger partial charge < -0.3 is 4.74 Å². The zero-order valence-corrected chi connectivity index (χ0v) is 15.4. The Morgan fingerprint density at radius 3 is 2.13 bits per heavy atom. The minimum absolute atomic E-state index is 0.0704. The minimum atomic E-state index is -1.55. The summed E-state index contributed by atoms with van der Waals surface area (Å²) in [5, 5.41) is 0.613. The van der Waals surface area contributed by atoms with E-state index in [4.69, 9.17) is 16.3 Å². The maximum Gasteiger partial charge on any atom is 0.334 e. The molecular formula is C18H25ClFNO2. The monoisotopic (exact) mass is 341 g/mol. The Balaban J connectivity index is 3.08. The number of hydrogen-bond donors (Lipinski definition) is 0. The molecule has 0 saturated heterocycles. The number of aliphatic imine (C=N–C) groups is 1. The molecule has 1 aromatic carbocycles. The predicted octanol–water partition coefficient (Wildman–Crippen LogP) is 5.00. The number of carbonyl (C=O) groups is 1. The molecule has 0 aliphatic heterocycles. The average Bonchev–Trinajstić information content (AvgIpc) is 2.34. The quantitative estimate of drug-likeness (QED) is 0.558. The van der Waals surface area contributed by atoms with E-state index in [0.717, 1.165) is 5.56 Å². The third kappa shape index (κ3) is 7.12. The van der Waals surface area contributed by atoms with Crippen molar-refractivity contribution >= 4 is 23.8 Å². The number of ether oxygens (including phenoxy) is 1. The first kappa shape index (κ1) is 19.6. The van der Waals surface area contributed by atoms with Crippen molar-refractivity contribution in [3.63, 3.8) is 0 Å². The Labute approximate surface area is 142 Å². The summed E-state index contributed by atoms with van der Waals surface area (Å²) in [4.78, 5) is 16.9. The molecule has 0 fully saturated rings. The summed E-state index contributed by atoms with van der Waals surface area (Å²) in [5.74, 6) is -0.541. The molecular weight excluding hydrogens is 317 g/mol. The van der Waals surface area contributed by atoms with Gasteiger partial charge in [0, 0.05) is 17.7 Å². The van der Waals surface area contributed by atoms with E-state index in [2.05, 4.69) is 4.99 Å². The van der Waals surface area contributed by atoms with Gasteiger partial charge in [0.2, 0.25) is 0 Å². The van der Waals surface area contributed by atoms with Crippen LogP contribution in [0.25, 0.3) is 0 Å². The Bertz CT molecular complexity index is 570. The van der Waals surface area contributed by atoms with Gasteiger partial charge in [0.15, 0.2) is 5.54 Å². The molecule has 3 nitrogen and oxygen atoms in total. The van der Waals surface area contributed by atoms with Crippen LogP contribution in [-0.2, 0) is 9.53 Å². The smallest absolute Gasteiger partial charge is 0.334 e. The highest BCUT2D eigenvalue weighted by molar-refractivity contribution is 6.30. The summed E-state index contributed by atoms with van der Waals surface area (Å²) in [6.45, 7) is 9.76. The van der Waals surface area contributed by atoms with Gasteiger partial charge >= 0.3 is 5.97 Å². The van der Waals surface area contributed by atoms with Crippen LogP contribution in [0.15, 0.2) is 29.3 Å². The van der Waals surface area contributed by atoms with Gasteiger partial charge in [0.25, 0.3) is 0 Å². The Hall–Kier alpha value is -1.42. The second-order valence-electron chi connectivity index (χ2n) is 7.48. The summed E-state index contributed by atoms with van der Waals surface area (Å²) in [5.41, 5.74) is -2.73. The molecule has 0 aliphatic rings. The molecule has 1 rings (SSSR count). The fourth-order valence-electron chi connectivity index (χ4n) is 2.14. The molecule has 0 radical (unpaired) electrons. The molecule has 23 heavy (non-hydrogen) atoms. The second kappa shape index (κ2) is 7.00. The zero-order chi connectivity index (χ0) is 17.9. The van der Waals surface area contributed by atoms with Gasteiger partial charge in [-0.3, -0.25) is 4.99 Å². The lowest BCUT2D eigenvalue weighted by Gasteiger charge is -2.31. The lowest BCUT2D eigenvalue weighted by Crippen LogP contribution is -2.43. The second-order valence-corrected chi connectivity index (χ2v) is 7.92. The zero-order valence-electron chi connectivity index (χ0n) is 14.6. The van der Waals surface area contributed by atoms with Crippen LogP contribution < -0.4 is 0 Å². The van der Waals surface area contributed by atoms with E-state index in [1.165, 1.54) is 13.8 Å². The van der Waals surface area contributed by atoms with Crippen molar-refractivity contribution in [2.24, 2.45) is 4.99 Å². The fraction of sp³-hybridized carbons (Fsp3) is 0.556. The van der Waals surface area contributed by atoms with Crippen LogP contribution in [0.5, 0.6) is 0 Å².